The second-order valence-electron chi connectivity index (χ2n) is 6.95. The highest BCUT2D eigenvalue weighted by molar-refractivity contribution is 7.99. The fraction of sp³-hybridized carbons (Fsp3) is 0.455. The molecule has 146 valence electrons. The zero-order valence-corrected chi connectivity index (χ0v) is 17.7. The number of rotatable bonds is 8. The van der Waals surface area contributed by atoms with Gasteiger partial charge in [-0.3, -0.25) is 5.73 Å². The van der Waals surface area contributed by atoms with Gasteiger partial charge in [0.25, 0.3) is 0 Å². The van der Waals surface area contributed by atoms with Crippen LogP contribution in [0.25, 0.3) is 0 Å². The van der Waals surface area contributed by atoms with Crippen LogP contribution in [0.15, 0.2) is 58.3 Å². The molecule has 5 heteroatoms. The van der Waals surface area contributed by atoms with Crippen LogP contribution in [0.2, 0.25) is 0 Å². The number of thioether (sulfide) groups is 2. The molecule has 2 aromatic rings. The van der Waals surface area contributed by atoms with Crippen molar-refractivity contribution in [2.24, 2.45) is 17.6 Å². The molecule has 3 atom stereocenters. The van der Waals surface area contributed by atoms with Gasteiger partial charge in [0, 0.05) is 27.2 Å². The van der Waals surface area contributed by atoms with E-state index < -0.39 is 0 Å². The number of nitrogens with two attached hydrogens (primary N) is 1. The van der Waals surface area contributed by atoms with E-state index in [1.165, 1.54) is 22.6 Å². The van der Waals surface area contributed by atoms with Crippen LogP contribution >= 0.6 is 23.5 Å². The van der Waals surface area contributed by atoms with Gasteiger partial charge >= 0.3 is 0 Å². The Balaban J connectivity index is 1.62. The third-order valence-electron chi connectivity index (χ3n) is 4.91. The fourth-order valence-electron chi connectivity index (χ4n) is 3.45. The summed E-state index contributed by atoms with van der Waals surface area (Å²) < 4.78 is 11.6. The van der Waals surface area contributed by atoms with E-state index in [1.54, 1.807) is 7.11 Å². The highest BCUT2D eigenvalue weighted by Crippen LogP contribution is 2.38. The van der Waals surface area contributed by atoms with Crippen molar-refractivity contribution in [3.8, 4) is 11.5 Å². The highest BCUT2D eigenvalue weighted by Gasteiger charge is 2.27. The Kier molecular flexibility index (Phi) is 7.80. The van der Waals surface area contributed by atoms with Gasteiger partial charge in [-0.25, -0.2) is 0 Å². The molecule has 27 heavy (non-hydrogen) atoms. The summed E-state index contributed by atoms with van der Waals surface area (Å²) in [5, 5.41) is 0. The van der Waals surface area contributed by atoms with E-state index in [-0.39, 0.29) is 6.23 Å². The van der Waals surface area contributed by atoms with Gasteiger partial charge in [-0.2, -0.15) is 0 Å². The van der Waals surface area contributed by atoms with Gasteiger partial charge in [0.2, 0.25) is 0 Å². The SMILES string of the molecule is CCC[C@H](CSc1ccccc1OC)C[C@H]1CSc2ccccc2OC1N. The van der Waals surface area contributed by atoms with Crippen molar-refractivity contribution < 1.29 is 9.47 Å². The van der Waals surface area contributed by atoms with Crippen LogP contribution in [0.5, 0.6) is 11.5 Å². The van der Waals surface area contributed by atoms with Crippen LogP contribution in [0.1, 0.15) is 26.2 Å². The molecule has 0 aliphatic carbocycles. The molecule has 0 radical (unpaired) electrons. The number of hydrogen-bond acceptors (Lipinski definition) is 5. The second-order valence-corrected chi connectivity index (χ2v) is 9.08. The number of fused-ring (bicyclic) bond motifs is 1. The van der Waals surface area contributed by atoms with Gasteiger partial charge in [0.15, 0.2) is 6.23 Å². The molecule has 2 aromatic carbocycles. The van der Waals surface area contributed by atoms with Crippen molar-refractivity contribution >= 4 is 23.5 Å². The maximum Gasteiger partial charge on any atom is 0.151 e. The Bertz CT molecular complexity index is 725. The van der Waals surface area contributed by atoms with Crippen molar-refractivity contribution in [3.05, 3.63) is 48.5 Å². The lowest BCUT2D eigenvalue weighted by molar-refractivity contribution is 0.135. The van der Waals surface area contributed by atoms with Crippen molar-refractivity contribution in [2.45, 2.75) is 42.2 Å². The number of ether oxygens (including phenoxy) is 2. The molecule has 0 bridgehead atoms. The molecule has 0 amide bonds. The van der Waals surface area contributed by atoms with E-state index in [0.717, 1.165) is 29.4 Å². The van der Waals surface area contributed by atoms with E-state index in [1.807, 2.05) is 47.8 Å². The van der Waals surface area contributed by atoms with Gasteiger partial charge in [0.05, 0.1) is 7.11 Å². The van der Waals surface area contributed by atoms with Gasteiger partial charge < -0.3 is 9.47 Å². The van der Waals surface area contributed by atoms with Gasteiger partial charge in [-0.05, 0) is 43.0 Å². The second kappa shape index (κ2) is 10.3. The lowest BCUT2D eigenvalue weighted by Gasteiger charge is -2.26. The average Bonchev–Trinajstić information content (AvgIpc) is 2.85. The molecule has 2 N–H and O–H groups in total. The first-order valence-corrected chi connectivity index (χ1v) is 11.6. The van der Waals surface area contributed by atoms with Crippen LogP contribution < -0.4 is 15.2 Å². The fourth-order valence-corrected chi connectivity index (χ4v) is 5.79. The first kappa shape index (κ1) is 20.4. The summed E-state index contributed by atoms with van der Waals surface area (Å²) in [6.45, 7) is 2.26. The van der Waals surface area contributed by atoms with Crippen molar-refractivity contribution in [1.82, 2.24) is 0 Å². The Morgan fingerprint density at radius 2 is 2.00 bits per heavy atom. The number of benzene rings is 2. The highest BCUT2D eigenvalue weighted by atomic mass is 32.2. The quantitative estimate of drug-likeness (QED) is 0.575. The van der Waals surface area contributed by atoms with E-state index in [0.29, 0.717) is 11.8 Å². The maximum absolute atomic E-state index is 6.43. The Labute approximate surface area is 171 Å². The summed E-state index contributed by atoms with van der Waals surface area (Å²) in [6.07, 6.45) is 3.26. The molecule has 0 fully saturated rings. The van der Waals surface area contributed by atoms with E-state index in [9.17, 15) is 0 Å². The standard InChI is InChI=1S/C22H29NO2S2/c1-3-8-16(14-26-20-11-6-4-9-18(20)24-2)13-17-15-27-21-12-7-5-10-19(21)25-22(17)23/h4-7,9-12,16-17,22H,3,8,13-15,23H2,1-2H3/t16-,17-,22?/m0/s1. The summed E-state index contributed by atoms with van der Waals surface area (Å²) in [4.78, 5) is 2.41. The summed E-state index contributed by atoms with van der Waals surface area (Å²) in [5.41, 5.74) is 6.43. The molecular weight excluding hydrogens is 374 g/mol. The third kappa shape index (κ3) is 5.59. The molecule has 3 rings (SSSR count). The molecule has 1 aliphatic rings. The minimum atomic E-state index is -0.239. The lowest BCUT2D eigenvalue weighted by atomic mass is 9.92. The topological polar surface area (TPSA) is 44.5 Å². The Morgan fingerprint density at radius 1 is 1.22 bits per heavy atom. The largest absolute Gasteiger partial charge is 0.496 e. The monoisotopic (exact) mass is 403 g/mol. The zero-order chi connectivity index (χ0) is 19.1. The number of hydrogen-bond donors (Lipinski definition) is 1. The Hall–Kier alpha value is -1.30. The smallest absolute Gasteiger partial charge is 0.151 e. The predicted molar refractivity (Wildman–Crippen MR) is 116 cm³/mol. The van der Waals surface area contributed by atoms with E-state index in [2.05, 4.69) is 31.2 Å². The summed E-state index contributed by atoms with van der Waals surface area (Å²) in [6, 6.07) is 16.5. The summed E-state index contributed by atoms with van der Waals surface area (Å²) in [5.74, 6) is 4.95. The van der Waals surface area contributed by atoms with Crippen LogP contribution in [-0.2, 0) is 0 Å². The summed E-state index contributed by atoms with van der Waals surface area (Å²) >= 11 is 3.76. The Morgan fingerprint density at radius 3 is 2.81 bits per heavy atom. The van der Waals surface area contributed by atoms with Crippen LogP contribution in [0, 0.1) is 11.8 Å². The lowest BCUT2D eigenvalue weighted by Crippen LogP contribution is -2.37. The van der Waals surface area contributed by atoms with Gasteiger partial charge in [0.1, 0.15) is 11.5 Å². The van der Waals surface area contributed by atoms with Crippen molar-refractivity contribution in [3.63, 3.8) is 0 Å². The molecule has 3 nitrogen and oxygen atoms in total. The van der Waals surface area contributed by atoms with Crippen LogP contribution in [0.4, 0.5) is 0 Å². The van der Waals surface area contributed by atoms with Gasteiger partial charge in [-0.1, -0.05) is 37.6 Å². The van der Waals surface area contributed by atoms with Crippen molar-refractivity contribution in [1.29, 1.82) is 0 Å². The maximum atomic E-state index is 6.43. The third-order valence-corrected chi connectivity index (χ3v) is 7.44. The molecule has 1 heterocycles. The van der Waals surface area contributed by atoms with Crippen molar-refractivity contribution in [2.75, 3.05) is 18.6 Å². The molecule has 1 aliphatic heterocycles. The first-order valence-electron chi connectivity index (χ1n) is 9.61. The average molecular weight is 404 g/mol. The van der Waals surface area contributed by atoms with Gasteiger partial charge in [-0.15, -0.1) is 23.5 Å². The molecule has 0 saturated carbocycles. The normalized spacial score (nSPS) is 20.3. The van der Waals surface area contributed by atoms with Crippen LogP contribution in [-0.4, -0.2) is 24.8 Å². The molecular formula is C22H29NO2S2. The molecule has 1 unspecified atom stereocenters. The predicted octanol–water partition coefficient (Wildman–Crippen LogP) is 5.68. The minimum Gasteiger partial charge on any atom is -0.496 e. The first-order chi connectivity index (χ1) is 13.2. The van der Waals surface area contributed by atoms with E-state index in [4.69, 9.17) is 15.2 Å². The van der Waals surface area contributed by atoms with Crippen LogP contribution in [0.3, 0.4) is 0 Å². The number of para-hydroxylation sites is 2. The molecule has 0 saturated heterocycles. The zero-order valence-electron chi connectivity index (χ0n) is 16.1. The molecule has 0 aromatic heterocycles. The number of methoxy groups -OCH3 is 1. The minimum absolute atomic E-state index is 0.239. The van der Waals surface area contributed by atoms with E-state index >= 15 is 0 Å². The summed E-state index contributed by atoms with van der Waals surface area (Å²) in [7, 11) is 1.74. The molecule has 0 spiro atoms.